The molecule has 2 aromatic carbocycles. The predicted molar refractivity (Wildman–Crippen MR) is 86.9 cm³/mol. The van der Waals surface area contributed by atoms with E-state index < -0.39 is 0 Å². The van der Waals surface area contributed by atoms with E-state index in [1.807, 2.05) is 18.2 Å². The monoisotopic (exact) mass is 285 g/mol. The van der Waals surface area contributed by atoms with Gasteiger partial charge in [0.1, 0.15) is 5.82 Å². The molecule has 2 atom stereocenters. The van der Waals surface area contributed by atoms with Gasteiger partial charge in [-0.2, -0.15) is 0 Å². The molecule has 21 heavy (non-hydrogen) atoms. The van der Waals surface area contributed by atoms with Crippen molar-refractivity contribution < 1.29 is 4.39 Å². The molecule has 0 radical (unpaired) electrons. The molecule has 0 bridgehead atoms. The van der Waals surface area contributed by atoms with Gasteiger partial charge in [0, 0.05) is 12.1 Å². The minimum atomic E-state index is -0.127. The highest BCUT2D eigenvalue weighted by molar-refractivity contribution is 5.25. The molecule has 0 amide bonds. The summed E-state index contributed by atoms with van der Waals surface area (Å²) in [4.78, 5) is 0. The molecule has 0 aromatic heterocycles. The molecule has 0 heterocycles. The first-order valence-corrected chi connectivity index (χ1v) is 7.62. The van der Waals surface area contributed by atoms with Gasteiger partial charge in [0.05, 0.1) is 0 Å². The van der Waals surface area contributed by atoms with Gasteiger partial charge in [-0.1, -0.05) is 42.5 Å². The number of hydrogen-bond acceptors (Lipinski definition) is 1. The zero-order valence-corrected chi connectivity index (χ0v) is 13.1. The van der Waals surface area contributed by atoms with Gasteiger partial charge in [-0.3, -0.25) is 0 Å². The number of hydrogen-bond donors (Lipinski definition) is 1. The summed E-state index contributed by atoms with van der Waals surface area (Å²) in [6.07, 6.45) is 2.13. The number of rotatable bonds is 6. The summed E-state index contributed by atoms with van der Waals surface area (Å²) in [7, 11) is 0. The van der Waals surface area contributed by atoms with E-state index in [1.165, 1.54) is 5.56 Å². The van der Waals surface area contributed by atoms with Crippen LogP contribution in [0.15, 0.2) is 48.5 Å². The number of benzene rings is 2. The average molecular weight is 285 g/mol. The van der Waals surface area contributed by atoms with Crippen LogP contribution in [-0.4, -0.2) is 6.04 Å². The Morgan fingerprint density at radius 3 is 2.43 bits per heavy atom. The van der Waals surface area contributed by atoms with Gasteiger partial charge in [0.15, 0.2) is 0 Å². The third-order valence-corrected chi connectivity index (χ3v) is 3.94. The molecular weight excluding hydrogens is 261 g/mol. The molecule has 0 aliphatic carbocycles. The summed E-state index contributed by atoms with van der Waals surface area (Å²) >= 11 is 0. The molecule has 1 nitrogen and oxygen atoms in total. The Labute approximate surface area is 127 Å². The summed E-state index contributed by atoms with van der Waals surface area (Å²) in [5.74, 6) is -0.127. The van der Waals surface area contributed by atoms with Crippen molar-refractivity contribution in [1.82, 2.24) is 5.32 Å². The molecule has 2 unspecified atom stereocenters. The van der Waals surface area contributed by atoms with Crippen LogP contribution in [0.2, 0.25) is 0 Å². The lowest BCUT2D eigenvalue weighted by atomic mass is 10.0. The zero-order chi connectivity index (χ0) is 15.2. The van der Waals surface area contributed by atoms with Gasteiger partial charge in [-0.15, -0.1) is 0 Å². The lowest BCUT2D eigenvalue weighted by Gasteiger charge is -2.21. The fourth-order valence-electron chi connectivity index (χ4n) is 2.51. The summed E-state index contributed by atoms with van der Waals surface area (Å²) in [6.45, 7) is 6.06. The van der Waals surface area contributed by atoms with E-state index in [1.54, 1.807) is 13.0 Å². The molecule has 2 heteroatoms. The first-order chi connectivity index (χ1) is 10.1. The van der Waals surface area contributed by atoms with Crippen molar-refractivity contribution >= 4 is 0 Å². The Hall–Kier alpha value is -1.67. The second kappa shape index (κ2) is 7.37. The molecule has 0 saturated carbocycles. The standard InChI is InChI=1S/C19H24FN/c1-14-9-12-18(13-19(14)20)16(3)21-15(2)10-11-17-7-5-4-6-8-17/h4-9,12-13,15-16,21H,10-11H2,1-3H3. The van der Waals surface area contributed by atoms with Crippen LogP contribution in [0.1, 0.15) is 43.0 Å². The summed E-state index contributed by atoms with van der Waals surface area (Å²) in [5.41, 5.74) is 3.06. The summed E-state index contributed by atoms with van der Waals surface area (Å²) in [5, 5.41) is 3.55. The highest BCUT2D eigenvalue weighted by Gasteiger charge is 2.11. The fourth-order valence-corrected chi connectivity index (χ4v) is 2.51. The zero-order valence-electron chi connectivity index (χ0n) is 13.1. The van der Waals surface area contributed by atoms with Crippen molar-refractivity contribution in [3.63, 3.8) is 0 Å². The topological polar surface area (TPSA) is 12.0 Å². The van der Waals surface area contributed by atoms with Crippen molar-refractivity contribution in [2.45, 2.75) is 45.7 Å². The van der Waals surface area contributed by atoms with Gasteiger partial charge < -0.3 is 5.32 Å². The third kappa shape index (κ3) is 4.68. The lowest BCUT2D eigenvalue weighted by Crippen LogP contribution is -2.29. The van der Waals surface area contributed by atoms with E-state index in [0.29, 0.717) is 11.6 Å². The Morgan fingerprint density at radius 1 is 1.05 bits per heavy atom. The molecule has 0 aliphatic rings. The molecule has 112 valence electrons. The van der Waals surface area contributed by atoms with Crippen LogP contribution in [0.3, 0.4) is 0 Å². The SMILES string of the molecule is Cc1ccc(C(C)NC(C)CCc2ccccc2)cc1F. The molecule has 2 rings (SSSR count). The molecule has 0 spiro atoms. The Balaban J connectivity index is 1.86. The van der Waals surface area contributed by atoms with Crippen LogP contribution < -0.4 is 5.32 Å². The predicted octanol–water partition coefficient (Wildman–Crippen LogP) is 4.81. The molecule has 0 aliphatic heterocycles. The first kappa shape index (κ1) is 15.7. The second-order valence-corrected chi connectivity index (χ2v) is 5.82. The number of nitrogens with one attached hydrogen (secondary N) is 1. The van der Waals surface area contributed by atoms with E-state index in [2.05, 4.69) is 43.4 Å². The van der Waals surface area contributed by atoms with Gasteiger partial charge in [0.25, 0.3) is 0 Å². The van der Waals surface area contributed by atoms with Gasteiger partial charge in [0.2, 0.25) is 0 Å². The Kier molecular flexibility index (Phi) is 5.51. The quantitative estimate of drug-likeness (QED) is 0.803. The minimum absolute atomic E-state index is 0.127. The minimum Gasteiger partial charge on any atom is -0.308 e. The maximum absolute atomic E-state index is 13.6. The summed E-state index contributed by atoms with van der Waals surface area (Å²) in [6, 6.07) is 16.5. The lowest BCUT2D eigenvalue weighted by molar-refractivity contribution is 0.454. The second-order valence-electron chi connectivity index (χ2n) is 5.82. The molecule has 0 saturated heterocycles. The van der Waals surface area contributed by atoms with Crippen molar-refractivity contribution in [3.8, 4) is 0 Å². The van der Waals surface area contributed by atoms with Gasteiger partial charge >= 0.3 is 0 Å². The van der Waals surface area contributed by atoms with E-state index in [-0.39, 0.29) is 11.9 Å². The number of halogens is 1. The maximum atomic E-state index is 13.6. The van der Waals surface area contributed by atoms with Crippen molar-refractivity contribution in [1.29, 1.82) is 0 Å². The van der Waals surface area contributed by atoms with Gasteiger partial charge in [-0.25, -0.2) is 4.39 Å². The Bertz CT molecular complexity index is 565. The van der Waals surface area contributed by atoms with Crippen LogP contribution in [-0.2, 0) is 6.42 Å². The van der Waals surface area contributed by atoms with E-state index in [0.717, 1.165) is 18.4 Å². The van der Waals surface area contributed by atoms with Crippen molar-refractivity contribution in [3.05, 3.63) is 71.0 Å². The van der Waals surface area contributed by atoms with Gasteiger partial charge in [-0.05, 0) is 56.4 Å². The Morgan fingerprint density at radius 2 is 1.76 bits per heavy atom. The van der Waals surface area contributed by atoms with E-state index in [9.17, 15) is 4.39 Å². The smallest absolute Gasteiger partial charge is 0.126 e. The maximum Gasteiger partial charge on any atom is 0.126 e. The highest BCUT2D eigenvalue weighted by Crippen LogP contribution is 2.17. The third-order valence-electron chi connectivity index (χ3n) is 3.94. The highest BCUT2D eigenvalue weighted by atomic mass is 19.1. The van der Waals surface area contributed by atoms with E-state index in [4.69, 9.17) is 0 Å². The van der Waals surface area contributed by atoms with Crippen LogP contribution in [0.4, 0.5) is 4.39 Å². The van der Waals surface area contributed by atoms with Crippen LogP contribution in [0.25, 0.3) is 0 Å². The summed E-state index contributed by atoms with van der Waals surface area (Å²) < 4.78 is 13.6. The van der Waals surface area contributed by atoms with Crippen LogP contribution in [0.5, 0.6) is 0 Å². The normalized spacial score (nSPS) is 13.9. The van der Waals surface area contributed by atoms with Crippen molar-refractivity contribution in [2.24, 2.45) is 0 Å². The fraction of sp³-hybridized carbons (Fsp3) is 0.368. The first-order valence-electron chi connectivity index (χ1n) is 7.62. The average Bonchev–Trinajstić information content (AvgIpc) is 2.49. The van der Waals surface area contributed by atoms with Crippen LogP contribution >= 0.6 is 0 Å². The van der Waals surface area contributed by atoms with Crippen LogP contribution in [0, 0.1) is 12.7 Å². The molecule has 2 aromatic rings. The molecule has 0 fully saturated rings. The molecule has 1 N–H and O–H groups in total. The van der Waals surface area contributed by atoms with Crippen molar-refractivity contribution in [2.75, 3.05) is 0 Å². The molecular formula is C19H24FN. The van der Waals surface area contributed by atoms with E-state index >= 15 is 0 Å². The number of aryl methyl sites for hydroxylation is 2. The largest absolute Gasteiger partial charge is 0.308 e.